The van der Waals surface area contributed by atoms with Crippen molar-refractivity contribution in [3.05, 3.63) is 23.1 Å². The summed E-state index contributed by atoms with van der Waals surface area (Å²) in [6, 6.07) is -0.317. The van der Waals surface area contributed by atoms with Gasteiger partial charge in [-0.15, -0.1) is 22.0 Å². The quantitative estimate of drug-likeness (QED) is 0.808. The van der Waals surface area contributed by atoms with Crippen molar-refractivity contribution in [2.24, 2.45) is 0 Å². The first kappa shape index (κ1) is 18.0. The van der Waals surface area contributed by atoms with Crippen LogP contribution in [-0.4, -0.2) is 14.8 Å². The molecule has 0 N–H and O–H groups in total. The summed E-state index contributed by atoms with van der Waals surface area (Å²) in [7, 11) is 0. The largest absolute Gasteiger partial charge is 0.451 e. The van der Waals surface area contributed by atoms with E-state index in [1.807, 2.05) is 32.3 Å². The van der Waals surface area contributed by atoms with E-state index in [0.717, 1.165) is 4.57 Å². The van der Waals surface area contributed by atoms with Crippen LogP contribution in [0.4, 0.5) is 13.2 Å². The maximum absolute atomic E-state index is 12.7. The monoisotopic (exact) mass is 295 g/mol. The Morgan fingerprint density at radius 1 is 1.26 bits per heavy atom. The van der Waals surface area contributed by atoms with Crippen molar-refractivity contribution in [1.82, 2.24) is 14.8 Å². The predicted molar refractivity (Wildman–Crippen MR) is 72.9 cm³/mol. The molecule has 1 aromatic rings. The standard InChI is InChI=1S/C10H14F3N3S.C2H6/c1-4-5-17-6-8-14-15-9(10(11,12)13)16(8)7(2)3;1-2/h4-5,7H,6H2,1-3H3;1-2H3/b5-4-;. The van der Waals surface area contributed by atoms with E-state index >= 15 is 0 Å². The average Bonchev–Trinajstić information content (AvgIpc) is 2.76. The number of halogens is 3. The SMILES string of the molecule is C/C=C\SCc1nnc(C(F)(F)F)n1C(C)C.CC. The molecule has 0 aromatic carbocycles. The molecule has 0 saturated heterocycles. The number of rotatable bonds is 4. The fourth-order valence-electron chi connectivity index (χ4n) is 1.38. The molecule has 0 fully saturated rings. The van der Waals surface area contributed by atoms with Crippen molar-refractivity contribution in [2.45, 2.75) is 52.6 Å². The maximum atomic E-state index is 12.7. The van der Waals surface area contributed by atoms with Gasteiger partial charge in [-0.3, -0.25) is 0 Å². The minimum Gasteiger partial charge on any atom is -0.304 e. The first-order valence-electron chi connectivity index (χ1n) is 6.11. The van der Waals surface area contributed by atoms with Crippen LogP contribution in [0.1, 0.15) is 52.3 Å². The van der Waals surface area contributed by atoms with Crippen LogP contribution < -0.4 is 0 Å². The van der Waals surface area contributed by atoms with Gasteiger partial charge in [0.1, 0.15) is 5.82 Å². The summed E-state index contributed by atoms with van der Waals surface area (Å²) in [5.74, 6) is -0.204. The van der Waals surface area contributed by atoms with Crippen molar-refractivity contribution in [2.75, 3.05) is 0 Å². The highest BCUT2D eigenvalue weighted by Gasteiger charge is 2.38. The van der Waals surface area contributed by atoms with Gasteiger partial charge in [-0.1, -0.05) is 19.9 Å². The Balaban J connectivity index is 0.00000154. The lowest BCUT2D eigenvalue weighted by molar-refractivity contribution is -0.148. The summed E-state index contributed by atoms with van der Waals surface area (Å²) < 4.78 is 39.1. The van der Waals surface area contributed by atoms with Crippen LogP contribution >= 0.6 is 11.8 Å². The third-order valence-electron chi connectivity index (χ3n) is 1.98. The fraction of sp³-hybridized carbons (Fsp3) is 0.667. The summed E-state index contributed by atoms with van der Waals surface area (Å²) in [5.41, 5.74) is 0. The van der Waals surface area contributed by atoms with Crippen molar-refractivity contribution < 1.29 is 13.2 Å². The Labute approximate surface area is 116 Å². The summed E-state index contributed by atoms with van der Waals surface area (Å²) in [6.45, 7) is 9.21. The molecule has 0 aliphatic heterocycles. The van der Waals surface area contributed by atoms with Crippen molar-refractivity contribution >= 4 is 11.8 Å². The van der Waals surface area contributed by atoms with Gasteiger partial charge in [0.05, 0.1) is 5.75 Å². The number of hydrogen-bond acceptors (Lipinski definition) is 3. The minimum atomic E-state index is -4.46. The van der Waals surface area contributed by atoms with Gasteiger partial charge in [0, 0.05) is 6.04 Å². The maximum Gasteiger partial charge on any atom is 0.451 e. The molecule has 0 aliphatic carbocycles. The summed E-state index contributed by atoms with van der Waals surface area (Å²) in [4.78, 5) is 0. The Morgan fingerprint density at radius 3 is 2.26 bits per heavy atom. The molecule has 0 atom stereocenters. The molecule has 0 saturated carbocycles. The molecule has 110 valence electrons. The Hall–Kier alpha value is -0.980. The molecular formula is C12H20F3N3S. The highest BCUT2D eigenvalue weighted by atomic mass is 32.2. The molecular weight excluding hydrogens is 275 g/mol. The second-order valence-corrected chi connectivity index (χ2v) is 4.58. The van der Waals surface area contributed by atoms with E-state index in [9.17, 15) is 13.2 Å². The number of allylic oxidation sites excluding steroid dienone is 1. The zero-order chi connectivity index (χ0) is 15.1. The number of aromatic nitrogens is 3. The summed E-state index contributed by atoms with van der Waals surface area (Å²) in [5, 5.41) is 8.66. The lowest BCUT2D eigenvalue weighted by atomic mass is 10.3. The van der Waals surface area contributed by atoms with Crippen molar-refractivity contribution in [3.8, 4) is 0 Å². The molecule has 0 spiro atoms. The number of nitrogens with zero attached hydrogens (tertiary/aromatic N) is 3. The average molecular weight is 295 g/mol. The van der Waals surface area contributed by atoms with E-state index in [1.54, 1.807) is 13.8 Å². The molecule has 0 unspecified atom stereocenters. The zero-order valence-corrected chi connectivity index (χ0v) is 12.6. The highest BCUT2D eigenvalue weighted by molar-refractivity contribution is 8.01. The van der Waals surface area contributed by atoms with Gasteiger partial charge in [0.2, 0.25) is 5.82 Å². The molecule has 1 rings (SSSR count). The van der Waals surface area contributed by atoms with E-state index in [0.29, 0.717) is 11.6 Å². The zero-order valence-electron chi connectivity index (χ0n) is 11.8. The van der Waals surface area contributed by atoms with Gasteiger partial charge in [-0.2, -0.15) is 13.2 Å². The molecule has 0 amide bonds. The Kier molecular flexibility index (Phi) is 7.82. The van der Waals surface area contributed by atoms with Gasteiger partial charge in [0.15, 0.2) is 0 Å². The second-order valence-electron chi connectivity index (χ2n) is 3.68. The van der Waals surface area contributed by atoms with E-state index in [-0.39, 0.29) is 6.04 Å². The van der Waals surface area contributed by atoms with Gasteiger partial charge >= 0.3 is 6.18 Å². The van der Waals surface area contributed by atoms with Crippen LogP contribution in [0.3, 0.4) is 0 Å². The van der Waals surface area contributed by atoms with E-state index in [2.05, 4.69) is 10.2 Å². The number of thioether (sulfide) groups is 1. The van der Waals surface area contributed by atoms with Crippen LogP contribution in [0.2, 0.25) is 0 Å². The fourth-order valence-corrected chi connectivity index (χ4v) is 2.01. The summed E-state index contributed by atoms with van der Waals surface area (Å²) in [6.07, 6.45) is -2.63. The van der Waals surface area contributed by atoms with Gasteiger partial charge in [0.25, 0.3) is 0 Å². The molecule has 1 heterocycles. The van der Waals surface area contributed by atoms with Gasteiger partial charge < -0.3 is 4.57 Å². The first-order valence-corrected chi connectivity index (χ1v) is 7.16. The lowest BCUT2D eigenvalue weighted by Crippen LogP contribution is -2.18. The topological polar surface area (TPSA) is 30.7 Å². The molecule has 3 nitrogen and oxygen atoms in total. The Bertz CT molecular complexity index is 397. The Morgan fingerprint density at radius 2 is 1.84 bits per heavy atom. The van der Waals surface area contributed by atoms with E-state index in [4.69, 9.17) is 0 Å². The van der Waals surface area contributed by atoms with E-state index < -0.39 is 12.0 Å². The molecule has 0 aliphatic rings. The predicted octanol–water partition coefficient (Wildman–Crippen LogP) is 4.67. The van der Waals surface area contributed by atoms with Gasteiger partial charge in [-0.25, -0.2) is 0 Å². The molecule has 1 aromatic heterocycles. The number of alkyl halides is 3. The van der Waals surface area contributed by atoms with Crippen LogP contribution in [0.5, 0.6) is 0 Å². The first-order chi connectivity index (χ1) is 8.88. The number of hydrogen-bond donors (Lipinski definition) is 0. The molecule has 7 heteroatoms. The van der Waals surface area contributed by atoms with E-state index in [1.165, 1.54) is 11.8 Å². The third kappa shape index (κ3) is 5.26. The van der Waals surface area contributed by atoms with Crippen molar-refractivity contribution in [1.29, 1.82) is 0 Å². The van der Waals surface area contributed by atoms with Crippen LogP contribution in [0, 0.1) is 0 Å². The highest BCUT2D eigenvalue weighted by Crippen LogP contribution is 2.31. The normalized spacial score (nSPS) is 11.8. The molecule has 0 radical (unpaired) electrons. The third-order valence-corrected chi connectivity index (χ3v) is 2.87. The lowest BCUT2D eigenvalue weighted by Gasteiger charge is -2.14. The molecule has 0 bridgehead atoms. The van der Waals surface area contributed by atoms with Gasteiger partial charge in [-0.05, 0) is 26.2 Å². The smallest absolute Gasteiger partial charge is 0.304 e. The van der Waals surface area contributed by atoms with Crippen LogP contribution in [-0.2, 0) is 11.9 Å². The van der Waals surface area contributed by atoms with Crippen LogP contribution in [0.25, 0.3) is 0 Å². The van der Waals surface area contributed by atoms with Crippen molar-refractivity contribution in [3.63, 3.8) is 0 Å². The molecule has 19 heavy (non-hydrogen) atoms. The van der Waals surface area contributed by atoms with Crippen LogP contribution in [0.15, 0.2) is 11.5 Å². The summed E-state index contributed by atoms with van der Waals surface area (Å²) >= 11 is 1.39. The minimum absolute atomic E-state index is 0.317. The second kappa shape index (κ2) is 8.24.